The second-order valence-corrected chi connectivity index (χ2v) is 9.53. The number of nitrogens with zero attached hydrogens (tertiary/aromatic N) is 5. The van der Waals surface area contributed by atoms with Crippen molar-refractivity contribution in [3.8, 4) is 28.8 Å². The van der Waals surface area contributed by atoms with Crippen LogP contribution in [0.5, 0.6) is 11.5 Å². The SMILES string of the molecule is COc1cc(OC)c(Cl)c(-c2cc3cnc(SC)nc3c(N3CCC(C)(C#N)CC3)n2)c1C. The molecule has 3 heterocycles. The fraction of sp³-hybridized carbons (Fsp3) is 0.417. The Morgan fingerprint density at radius 1 is 1.15 bits per heavy atom. The Morgan fingerprint density at radius 3 is 2.45 bits per heavy atom. The molecular formula is C24H26ClN5O2S. The average molecular weight is 484 g/mol. The van der Waals surface area contributed by atoms with Crippen molar-refractivity contribution in [1.82, 2.24) is 15.0 Å². The van der Waals surface area contributed by atoms with E-state index in [0.29, 0.717) is 27.4 Å². The normalized spacial score (nSPS) is 15.4. The van der Waals surface area contributed by atoms with E-state index in [2.05, 4.69) is 16.0 Å². The molecule has 0 saturated carbocycles. The Morgan fingerprint density at radius 2 is 1.85 bits per heavy atom. The lowest BCUT2D eigenvalue weighted by atomic mass is 9.82. The molecule has 33 heavy (non-hydrogen) atoms. The van der Waals surface area contributed by atoms with Crippen LogP contribution in [-0.4, -0.2) is 48.5 Å². The van der Waals surface area contributed by atoms with E-state index in [1.165, 1.54) is 11.8 Å². The van der Waals surface area contributed by atoms with Crippen LogP contribution in [0.25, 0.3) is 22.2 Å². The van der Waals surface area contributed by atoms with E-state index in [9.17, 15) is 5.26 Å². The van der Waals surface area contributed by atoms with Gasteiger partial charge in [-0.05, 0) is 39.0 Å². The molecule has 0 amide bonds. The van der Waals surface area contributed by atoms with Crippen molar-refractivity contribution in [3.05, 3.63) is 28.9 Å². The summed E-state index contributed by atoms with van der Waals surface area (Å²) in [4.78, 5) is 16.5. The van der Waals surface area contributed by atoms with Gasteiger partial charge < -0.3 is 14.4 Å². The zero-order valence-corrected chi connectivity index (χ0v) is 21.0. The van der Waals surface area contributed by atoms with Crippen LogP contribution >= 0.6 is 23.4 Å². The smallest absolute Gasteiger partial charge is 0.187 e. The van der Waals surface area contributed by atoms with Gasteiger partial charge in [-0.3, -0.25) is 0 Å². The number of hydrogen-bond acceptors (Lipinski definition) is 8. The van der Waals surface area contributed by atoms with E-state index in [4.69, 9.17) is 31.0 Å². The van der Waals surface area contributed by atoms with Crippen LogP contribution in [0.15, 0.2) is 23.5 Å². The third-order valence-electron chi connectivity index (χ3n) is 6.28. The first-order valence-corrected chi connectivity index (χ1v) is 12.2. The van der Waals surface area contributed by atoms with Gasteiger partial charge in [-0.15, -0.1) is 0 Å². The summed E-state index contributed by atoms with van der Waals surface area (Å²) >= 11 is 8.26. The molecule has 9 heteroatoms. The lowest BCUT2D eigenvalue weighted by molar-refractivity contribution is 0.336. The van der Waals surface area contributed by atoms with Gasteiger partial charge in [0.2, 0.25) is 0 Å². The number of rotatable bonds is 5. The molecule has 0 unspecified atom stereocenters. The Balaban J connectivity index is 1.93. The minimum Gasteiger partial charge on any atom is -0.496 e. The van der Waals surface area contributed by atoms with E-state index in [0.717, 1.165) is 53.8 Å². The fourth-order valence-corrected chi connectivity index (χ4v) is 4.85. The molecule has 4 rings (SSSR count). The number of methoxy groups -OCH3 is 2. The van der Waals surface area contributed by atoms with E-state index >= 15 is 0 Å². The first-order valence-electron chi connectivity index (χ1n) is 10.6. The number of halogens is 1. The highest BCUT2D eigenvalue weighted by Crippen LogP contribution is 2.44. The van der Waals surface area contributed by atoms with Crippen molar-refractivity contribution in [2.45, 2.75) is 31.8 Å². The zero-order valence-electron chi connectivity index (χ0n) is 19.4. The molecule has 1 aromatic carbocycles. The molecule has 1 aliphatic heterocycles. The highest BCUT2D eigenvalue weighted by atomic mass is 35.5. The summed E-state index contributed by atoms with van der Waals surface area (Å²) < 4.78 is 11.1. The molecular weight excluding hydrogens is 458 g/mol. The van der Waals surface area contributed by atoms with Gasteiger partial charge in [0.05, 0.1) is 36.4 Å². The molecule has 172 valence electrons. The molecule has 0 N–H and O–H groups in total. The maximum absolute atomic E-state index is 9.55. The number of ether oxygens (including phenoxy) is 2. The van der Waals surface area contributed by atoms with Crippen molar-refractivity contribution < 1.29 is 9.47 Å². The standard InChI is InChI=1S/C24H26ClN5O2S/c1-14-17(31-3)11-18(32-4)20(25)19(14)16-10-15-12-27-23(33-5)29-21(15)22(28-16)30-8-6-24(2,13-26)7-9-30/h10-12H,6-9H2,1-5H3. The lowest BCUT2D eigenvalue weighted by Gasteiger charge is -2.36. The quantitative estimate of drug-likeness (QED) is 0.346. The predicted molar refractivity (Wildman–Crippen MR) is 133 cm³/mol. The maximum Gasteiger partial charge on any atom is 0.187 e. The van der Waals surface area contributed by atoms with E-state index < -0.39 is 0 Å². The van der Waals surface area contributed by atoms with Gasteiger partial charge in [-0.1, -0.05) is 23.4 Å². The number of piperidine rings is 1. The first-order chi connectivity index (χ1) is 15.8. The summed E-state index contributed by atoms with van der Waals surface area (Å²) in [6.45, 7) is 5.42. The number of benzene rings is 1. The maximum atomic E-state index is 9.55. The largest absolute Gasteiger partial charge is 0.496 e. The average Bonchev–Trinajstić information content (AvgIpc) is 2.84. The number of anilines is 1. The van der Waals surface area contributed by atoms with Crippen LogP contribution in [0.1, 0.15) is 25.3 Å². The highest BCUT2D eigenvalue weighted by molar-refractivity contribution is 7.98. The van der Waals surface area contributed by atoms with Gasteiger partial charge in [0, 0.05) is 41.9 Å². The molecule has 0 atom stereocenters. The Bertz CT molecular complexity index is 1220. The minimum absolute atomic E-state index is 0.316. The summed E-state index contributed by atoms with van der Waals surface area (Å²) in [6.07, 6.45) is 5.31. The number of nitriles is 1. The Kier molecular flexibility index (Phi) is 6.55. The molecule has 0 aliphatic carbocycles. The number of hydrogen-bond donors (Lipinski definition) is 0. The van der Waals surface area contributed by atoms with Crippen LogP contribution in [0.3, 0.4) is 0 Å². The monoisotopic (exact) mass is 483 g/mol. The van der Waals surface area contributed by atoms with Gasteiger partial charge in [0.25, 0.3) is 0 Å². The topological polar surface area (TPSA) is 84.2 Å². The van der Waals surface area contributed by atoms with Gasteiger partial charge in [-0.2, -0.15) is 5.26 Å². The van der Waals surface area contributed by atoms with Crippen molar-refractivity contribution in [3.63, 3.8) is 0 Å². The number of pyridine rings is 1. The Labute approximate surface area is 203 Å². The zero-order chi connectivity index (χ0) is 23.8. The molecule has 3 aromatic rings. The van der Waals surface area contributed by atoms with Crippen molar-refractivity contribution in [1.29, 1.82) is 5.26 Å². The summed E-state index contributed by atoms with van der Waals surface area (Å²) in [7, 11) is 3.20. The van der Waals surface area contributed by atoms with Crippen LogP contribution in [0, 0.1) is 23.7 Å². The minimum atomic E-state index is -0.316. The van der Waals surface area contributed by atoms with Gasteiger partial charge in [0.1, 0.15) is 17.0 Å². The molecule has 1 aliphatic rings. The summed E-state index contributed by atoms with van der Waals surface area (Å²) in [6, 6.07) is 6.20. The number of fused-ring (bicyclic) bond motifs is 1. The van der Waals surface area contributed by atoms with E-state index in [-0.39, 0.29) is 5.41 Å². The van der Waals surface area contributed by atoms with Crippen LogP contribution in [-0.2, 0) is 0 Å². The van der Waals surface area contributed by atoms with Gasteiger partial charge in [0.15, 0.2) is 11.0 Å². The molecule has 0 radical (unpaired) electrons. The highest BCUT2D eigenvalue weighted by Gasteiger charge is 2.32. The number of aromatic nitrogens is 3. The molecule has 0 bridgehead atoms. The molecule has 0 spiro atoms. The van der Waals surface area contributed by atoms with Crippen LogP contribution in [0.4, 0.5) is 5.82 Å². The predicted octanol–water partition coefficient (Wildman–Crippen LogP) is 5.52. The third-order valence-corrected chi connectivity index (χ3v) is 7.22. The summed E-state index contributed by atoms with van der Waals surface area (Å²) in [5, 5.41) is 11.6. The van der Waals surface area contributed by atoms with Crippen LogP contribution < -0.4 is 14.4 Å². The van der Waals surface area contributed by atoms with Crippen LogP contribution in [0.2, 0.25) is 5.02 Å². The number of thioether (sulfide) groups is 1. The second-order valence-electron chi connectivity index (χ2n) is 8.38. The second kappa shape index (κ2) is 9.24. The molecule has 1 saturated heterocycles. The third kappa shape index (κ3) is 4.28. The molecule has 2 aromatic heterocycles. The van der Waals surface area contributed by atoms with Gasteiger partial charge >= 0.3 is 0 Å². The molecule has 7 nitrogen and oxygen atoms in total. The Hall–Kier alpha value is -2.76. The van der Waals surface area contributed by atoms with Crippen molar-refractivity contribution >= 4 is 40.1 Å². The summed E-state index contributed by atoms with van der Waals surface area (Å²) in [5.74, 6) is 1.97. The van der Waals surface area contributed by atoms with Crippen molar-refractivity contribution in [2.24, 2.45) is 5.41 Å². The summed E-state index contributed by atoms with van der Waals surface area (Å²) in [5.41, 5.74) is 2.81. The van der Waals surface area contributed by atoms with Crippen molar-refractivity contribution in [2.75, 3.05) is 38.5 Å². The van der Waals surface area contributed by atoms with Gasteiger partial charge in [-0.25, -0.2) is 15.0 Å². The molecule has 1 fully saturated rings. The fourth-order valence-electron chi connectivity index (χ4n) is 4.14. The van der Waals surface area contributed by atoms with E-state index in [1.54, 1.807) is 20.3 Å². The lowest BCUT2D eigenvalue weighted by Crippen LogP contribution is -2.38. The first kappa shape index (κ1) is 23.4. The van der Waals surface area contributed by atoms with E-state index in [1.807, 2.05) is 32.4 Å².